The van der Waals surface area contributed by atoms with E-state index in [0.717, 1.165) is 25.1 Å². The minimum absolute atomic E-state index is 0.0549. The number of hydrogen-bond donors (Lipinski definition) is 1. The van der Waals surface area contributed by atoms with Crippen molar-refractivity contribution in [2.24, 2.45) is 5.92 Å². The van der Waals surface area contributed by atoms with Crippen LogP contribution in [0.15, 0.2) is 5.03 Å². The molecule has 1 amide bonds. The number of thioether (sulfide) groups is 1. The van der Waals surface area contributed by atoms with Crippen LogP contribution in [0.2, 0.25) is 0 Å². The summed E-state index contributed by atoms with van der Waals surface area (Å²) in [4.78, 5) is 33.0. The van der Waals surface area contributed by atoms with Crippen LogP contribution in [0.4, 0.5) is 0 Å². The van der Waals surface area contributed by atoms with E-state index in [1.807, 2.05) is 0 Å². The summed E-state index contributed by atoms with van der Waals surface area (Å²) in [6, 6.07) is 0. The van der Waals surface area contributed by atoms with Crippen molar-refractivity contribution < 1.29 is 14.3 Å². The maximum absolute atomic E-state index is 12.0. The van der Waals surface area contributed by atoms with Gasteiger partial charge in [-0.1, -0.05) is 25.6 Å². The van der Waals surface area contributed by atoms with Crippen molar-refractivity contribution in [1.82, 2.24) is 15.3 Å². The summed E-state index contributed by atoms with van der Waals surface area (Å²) >= 11 is 1.27. The molecule has 24 heavy (non-hydrogen) atoms. The third-order valence-corrected chi connectivity index (χ3v) is 4.77. The summed E-state index contributed by atoms with van der Waals surface area (Å²) in [5.74, 6) is 1.41. The molecule has 1 saturated carbocycles. The first kappa shape index (κ1) is 18.7. The molecular weight excluding hydrogens is 326 g/mol. The quantitative estimate of drug-likeness (QED) is 0.441. The topological polar surface area (TPSA) is 81.2 Å². The van der Waals surface area contributed by atoms with Crippen LogP contribution >= 0.6 is 11.8 Å². The van der Waals surface area contributed by atoms with Crippen molar-refractivity contribution in [1.29, 1.82) is 0 Å². The molecule has 0 radical (unpaired) electrons. The van der Waals surface area contributed by atoms with E-state index in [2.05, 4.69) is 29.1 Å². The first-order valence-electron chi connectivity index (χ1n) is 8.28. The SMILES string of the molecule is COC(=O)c1c(C)nc(C2CC2)nc1SCC(=O)NCCC(C)C. The van der Waals surface area contributed by atoms with Gasteiger partial charge in [0.2, 0.25) is 5.91 Å². The maximum atomic E-state index is 12.0. The van der Waals surface area contributed by atoms with Crippen LogP contribution in [0.3, 0.4) is 0 Å². The average Bonchev–Trinajstić information content (AvgIpc) is 3.36. The largest absolute Gasteiger partial charge is 0.465 e. The lowest BCUT2D eigenvalue weighted by Crippen LogP contribution is -2.27. The summed E-state index contributed by atoms with van der Waals surface area (Å²) in [7, 11) is 1.34. The fourth-order valence-corrected chi connectivity index (χ4v) is 3.12. The van der Waals surface area contributed by atoms with Crippen molar-refractivity contribution in [3.63, 3.8) is 0 Å². The van der Waals surface area contributed by atoms with Crippen LogP contribution in [0.5, 0.6) is 0 Å². The second-order valence-electron chi connectivity index (χ2n) is 6.43. The number of amides is 1. The Hall–Kier alpha value is -1.63. The first-order chi connectivity index (χ1) is 11.4. The molecule has 7 heteroatoms. The Morgan fingerprint density at radius 2 is 2.04 bits per heavy atom. The van der Waals surface area contributed by atoms with E-state index in [4.69, 9.17) is 4.74 Å². The van der Waals surface area contributed by atoms with Crippen LogP contribution in [0.25, 0.3) is 0 Å². The van der Waals surface area contributed by atoms with E-state index in [1.54, 1.807) is 6.92 Å². The molecule has 1 aromatic rings. The lowest BCUT2D eigenvalue weighted by molar-refractivity contribution is -0.118. The molecule has 132 valence electrons. The van der Waals surface area contributed by atoms with E-state index in [1.165, 1.54) is 18.9 Å². The summed E-state index contributed by atoms with van der Waals surface area (Å²) in [5.41, 5.74) is 0.975. The fourth-order valence-electron chi connectivity index (χ4n) is 2.22. The van der Waals surface area contributed by atoms with E-state index in [0.29, 0.717) is 34.7 Å². The Morgan fingerprint density at radius 3 is 2.62 bits per heavy atom. The van der Waals surface area contributed by atoms with Gasteiger partial charge in [0, 0.05) is 12.5 Å². The summed E-state index contributed by atoms with van der Waals surface area (Å²) in [5, 5.41) is 3.43. The Labute approximate surface area is 147 Å². The van der Waals surface area contributed by atoms with Crippen LogP contribution in [0.1, 0.15) is 60.9 Å². The van der Waals surface area contributed by atoms with Crippen LogP contribution in [-0.2, 0) is 9.53 Å². The zero-order valence-electron chi connectivity index (χ0n) is 14.7. The van der Waals surface area contributed by atoms with Crippen molar-refractivity contribution in [3.8, 4) is 0 Å². The minimum Gasteiger partial charge on any atom is -0.465 e. The number of carbonyl (C=O) groups is 2. The number of methoxy groups -OCH3 is 1. The predicted octanol–water partition coefficient (Wildman–Crippen LogP) is 2.70. The molecule has 1 N–H and O–H groups in total. The normalized spacial score (nSPS) is 13.9. The van der Waals surface area contributed by atoms with Gasteiger partial charge in [0.25, 0.3) is 0 Å². The number of carbonyl (C=O) groups excluding carboxylic acids is 2. The third-order valence-electron chi connectivity index (χ3n) is 3.79. The Balaban J connectivity index is 2.06. The second-order valence-corrected chi connectivity index (χ2v) is 7.40. The van der Waals surface area contributed by atoms with E-state index >= 15 is 0 Å². The van der Waals surface area contributed by atoms with Crippen molar-refractivity contribution >= 4 is 23.6 Å². The van der Waals surface area contributed by atoms with Gasteiger partial charge in [-0.15, -0.1) is 0 Å². The molecule has 0 spiro atoms. The maximum Gasteiger partial charge on any atom is 0.342 e. The molecule has 0 aromatic carbocycles. The molecule has 0 bridgehead atoms. The van der Waals surface area contributed by atoms with Gasteiger partial charge in [-0.05, 0) is 32.1 Å². The number of nitrogens with zero attached hydrogens (tertiary/aromatic N) is 2. The average molecular weight is 351 g/mol. The van der Waals surface area contributed by atoms with Gasteiger partial charge in [0.15, 0.2) is 0 Å². The first-order valence-corrected chi connectivity index (χ1v) is 9.27. The minimum atomic E-state index is -0.461. The summed E-state index contributed by atoms with van der Waals surface area (Å²) < 4.78 is 4.84. The standard InChI is InChI=1S/C17H25N3O3S/c1-10(2)7-8-18-13(21)9-24-16-14(17(22)23-4)11(3)19-15(20-16)12-5-6-12/h10,12H,5-9H2,1-4H3,(H,18,21). The van der Waals surface area contributed by atoms with Gasteiger partial charge < -0.3 is 10.1 Å². The number of nitrogens with one attached hydrogen (secondary N) is 1. The van der Waals surface area contributed by atoms with Gasteiger partial charge in [-0.2, -0.15) is 0 Å². The Bertz CT molecular complexity index is 615. The van der Waals surface area contributed by atoms with Crippen LogP contribution in [-0.4, -0.2) is 41.3 Å². The molecule has 1 fully saturated rings. The lowest BCUT2D eigenvalue weighted by Gasteiger charge is -2.11. The van der Waals surface area contributed by atoms with Crippen molar-refractivity contribution in [2.75, 3.05) is 19.4 Å². The van der Waals surface area contributed by atoms with Gasteiger partial charge >= 0.3 is 5.97 Å². The molecule has 0 atom stereocenters. The zero-order valence-corrected chi connectivity index (χ0v) is 15.5. The number of aryl methyl sites for hydroxylation is 1. The predicted molar refractivity (Wildman–Crippen MR) is 93.3 cm³/mol. The summed E-state index contributed by atoms with van der Waals surface area (Å²) in [6.45, 7) is 6.68. The van der Waals surface area contributed by atoms with Gasteiger partial charge in [0.1, 0.15) is 16.4 Å². The molecule has 1 aromatic heterocycles. The molecule has 0 aliphatic heterocycles. The molecule has 0 saturated heterocycles. The number of aromatic nitrogens is 2. The molecule has 6 nitrogen and oxygen atoms in total. The van der Waals surface area contributed by atoms with Crippen LogP contribution < -0.4 is 5.32 Å². The highest BCUT2D eigenvalue weighted by atomic mass is 32.2. The molecule has 1 aliphatic rings. The smallest absolute Gasteiger partial charge is 0.342 e. The number of esters is 1. The highest BCUT2D eigenvalue weighted by molar-refractivity contribution is 8.00. The van der Waals surface area contributed by atoms with Crippen molar-refractivity contribution in [3.05, 3.63) is 17.1 Å². The fraction of sp³-hybridized carbons (Fsp3) is 0.647. The Morgan fingerprint density at radius 1 is 1.33 bits per heavy atom. The molecule has 1 heterocycles. The van der Waals surface area contributed by atoms with Gasteiger partial charge in [-0.3, -0.25) is 4.79 Å². The zero-order chi connectivity index (χ0) is 17.7. The molecule has 1 aliphatic carbocycles. The number of rotatable bonds is 8. The highest BCUT2D eigenvalue weighted by Crippen LogP contribution is 2.39. The molecule has 2 rings (SSSR count). The third kappa shape index (κ3) is 5.19. The molecular formula is C17H25N3O3S. The van der Waals surface area contributed by atoms with E-state index in [9.17, 15) is 9.59 Å². The number of ether oxygens (including phenoxy) is 1. The van der Waals surface area contributed by atoms with Crippen LogP contribution in [0, 0.1) is 12.8 Å². The highest BCUT2D eigenvalue weighted by Gasteiger charge is 2.29. The molecule has 0 unspecified atom stereocenters. The van der Waals surface area contributed by atoms with E-state index < -0.39 is 5.97 Å². The second kappa shape index (κ2) is 8.46. The summed E-state index contributed by atoms with van der Waals surface area (Å²) in [6.07, 6.45) is 3.11. The van der Waals surface area contributed by atoms with Gasteiger partial charge in [-0.25, -0.2) is 14.8 Å². The van der Waals surface area contributed by atoms with E-state index in [-0.39, 0.29) is 11.7 Å². The van der Waals surface area contributed by atoms with Crippen molar-refractivity contribution in [2.45, 2.75) is 51.0 Å². The Kier molecular flexibility index (Phi) is 6.60. The monoisotopic (exact) mass is 351 g/mol. The number of hydrogen-bond acceptors (Lipinski definition) is 6. The van der Waals surface area contributed by atoms with Gasteiger partial charge in [0.05, 0.1) is 18.6 Å². The lowest BCUT2D eigenvalue weighted by atomic mass is 10.1.